The minimum atomic E-state index is -0.779. The number of aliphatic hydroxyl groups is 1. The maximum absolute atomic E-state index is 13.1. The zero-order chi connectivity index (χ0) is 25.0. The van der Waals surface area contributed by atoms with E-state index >= 15 is 0 Å². The quantitative estimate of drug-likeness (QED) is 0.140. The van der Waals surface area contributed by atoms with Crippen molar-refractivity contribution in [1.29, 1.82) is 0 Å². The molecule has 1 N–H and O–H groups in total. The Labute approximate surface area is 199 Å². The second-order valence-electron chi connectivity index (χ2n) is 8.89. The summed E-state index contributed by atoms with van der Waals surface area (Å²) in [6, 6.07) is 12.1. The molecule has 1 saturated heterocycles. The van der Waals surface area contributed by atoms with E-state index < -0.39 is 22.7 Å². The van der Waals surface area contributed by atoms with Gasteiger partial charge in [-0.05, 0) is 49.4 Å². The fourth-order valence-corrected chi connectivity index (χ4v) is 3.97. The lowest BCUT2D eigenvalue weighted by Gasteiger charge is -2.26. The van der Waals surface area contributed by atoms with Crippen molar-refractivity contribution in [3.8, 4) is 0 Å². The predicted octanol–water partition coefficient (Wildman–Crippen LogP) is 4.96. The van der Waals surface area contributed by atoms with Crippen LogP contribution in [0.5, 0.6) is 0 Å². The number of carbonyl (C=O) groups excluding carboxylic acids is 2. The van der Waals surface area contributed by atoms with Gasteiger partial charge in [-0.2, -0.15) is 0 Å². The van der Waals surface area contributed by atoms with Crippen molar-refractivity contribution in [2.45, 2.75) is 52.2 Å². The number of ketones is 1. The molecule has 0 aromatic heterocycles. The van der Waals surface area contributed by atoms with Crippen LogP contribution in [0.15, 0.2) is 54.1 Å². The average molecular weight is 467 g/mol. The lowest BCUT2D eigenvalue weighted by atomic mass is 9.93. The third-order valence-corrected chi connectivity index (χ3v) is 5.80. The van der Waals surface area contributed by atoms with E-state index in [2.05, 4.69) is 13.8 Å². The van der Waals surface area contributed by atoms with E-state index in [0.29, 0.717) is 24.5 Å². The number of non-ortho nitro benzene ring substituents is 1. The number of Topliss-reactive ketones (excluding diaryl/α,β-unsaturated/α-hetero) is 1. The molecule has 8 nitrogen and oxygen atoms in total. The van der Waals surface area contributed by atoms with Gasteiger partial charge in [-0.15, -0.1) is 0 Å². The number of carbonyl (C=O) groups is 2. The van der Waals surface area contributed by atoms with Crippen molar-refractivity contribution in [1.82, 2.24) is 4.90 Å². The van der Waals surface area contributed by atoms with Crippen LogP contribution in [0.2, 0.25) is 0 Å². The fourth-order valence-electron chi connectivity index (χ4n) is 3.97. The number of benzene rings is 2. The molecule has 34 heavy (non-hydrogen) atoms. The molecular weight excluding hydrogens is 436 g/mol. The van der Waals surface area contributed by atoms with Gasteiger partial charge in [0.15, 0.2) is 0 Å². The summed E-state index contributed by atoms with van der Waals surface area (Å²) in [5, 5.41) is 22.0. The van der Waals surface area contributed by atoms with Gasteiger partial charge in [0.05, 0.1) is 22.6 Å². The molecule has 2 aromatic carbocycles. The van der Waals surface area contributed by atoms with Crippen LogP contribution in [0.25, 0.3) is 5.76 Å². The highest BCUT2D eigenvalue weighted by Crippen LogP contribution is 2.40. The number of nitro groups is 1. The first-order valence-corrected chi connectivity index (χ1v) is 11.4. The van der Waals surface area contributed by atoms with Gasteiger partial charge in [0, 0.05) is 30.8 Å². The molecule has 3 rings (SSSR count). The van der Waals surface area contributed by atoms with Crippen LogP contribution in [-0.4, -0.2) is 45.9 Å². The summed E-state index contributed by atoms with van der Waals surface area (Å²) in [7, 11) is 0. The Morgan fingerprint density at radius 3 is 2.21 bits per heavy atom. The first kappa shape index (κ1) is 25.1. The molecule has 1 atom stereocenters. The molecule has 0 radical (unpaired) electrons. The highest BCUT2D eigenvalue weighted by molar-refractivity contribution is 6.46. The zero-order valence-electron chi connectivity index (χ0n) is 19.9. The predicted molar refractivity (Wildman–Crippen MR) is 128 cm³/mol. The molecular formula is C26H30N2O6. The molecule has 180 valence electrons. The maximum Gasteiger partial charge on any atom is 0.295 e. The van der Waals surface area contributed by atoms with Gasteiger partial charge in [0.1, 0.15) is 5.76 Å². The second-order valence-corrected chi connectivity index (χ2v) is 8.89. The van der Waals surface area contributed by atoms with E-state index in [0.717, 1.165) is 5.56 Å². The number of hydrogen-bond donors (Lipinski definition) is 1. The topological polar surface area (TPSA) is 110 Å². The Morgan fingerprint density at radius 2 is 1.68 bits per heavy atom. The first-order chi connectivity index (χ1) is 16.1. The Hall–Kier alpha value is -3.52. The van der Waals surface area contributed by atoms with Crippen molar-refractivity contribution < 1.29 is 24.4 Å². The van der Waals surface area contributed by atoms with Crippen LogP contribution in [-0.2, 0) is 14.3 Å². The summed E-state index contributed by atoms with van der Waals surface area (Å²) in [5.41, 5.74) is 1.89. The summed E-state index contributed by atoms with van der Waals surface area (Å²) in [4.78, 5) is 37.9. The van der Waals surface area contributed by atoms with Crippen LogP contribution in [0.3, 0.4) is 0 Å². The van der Waals surface area contributed by atoms with E-state index in [9.17, 15) is 24.8 Å². The van der Waals surface area contributed by atoms with Gasteiger partial charge in [-0.3, -0.25) is 19.7 Å². The van der Waals surface area contributed by atoms with Crippen molar-refractivity contribution in [2.75, 3.05) is 13.2 Å². The van der Waals surface area contributed by atoms with Crippen LogP contribution < -0.4 is 0 Å². The van der Waals surface area contributed by atoms with Gasteiger partial charge in [-0.25, -0.2) is 0 Å². The number of amides is 1. The van der Waals surface area contributed by atoms with Crippen molar-refractivity contribution in [3.05, 3.63) is 80.9 Å². The summed E-state index contributed by atoms with van der Waals surface area (Å²) >= 11 is 0. The molecule has 1 fully saturated rings. The molecule has 0 spiro atoms. The van der Waals surface area contributed by atoms with Crippen molar-refractivity contribution in [3.63, 3.8) is 0 Å². The molecule has 0 saturated carbocycles. The highest BCUT2D eigenvalue weighted by atomic mass is 16.6. The Balaban J connectivity index is 2.04. The van der Waals surface area contributed by atoms with Gasteiger partial charge in [0.25, 0.3) is 17.4 Å². The van der Waals surface area contributed by atoms with Crippen LogP contribution in [0, 0.1) is 10.1 Å². The Bertz CT molecular complexity index is 1090. The first-order valence-electron chi connectivity index (χ1n) is 11.4. The highest BCUT2D eigenvalue weighted by Gasteiger charge is 2.45. The molecule has 2 aromatic rings. The minimum Gasteiger partial charge on any atom is -0.507 e. The number of ether oxygens (including phenoxy) is 1. The fraction of sp³-hybridized carbons (Fsp3) is 0.385. The van der Waals surface area contributed by atoms with E-state index in [4.69, 9.17) is 4.74 Å². The number of aliphatic hydroxyl groups excluding tert-OH is 1. The number of hydrogen-bond acceptors (Lipinski definition) is 6. The smallest absolute Gasteiger partial charge is 0.295 e. The SMILES string of the molecule is CC(C)OCCCN1C(=O)C(=O)C(=C(O)c2ccc([N+](=O)[O-])cc2)[C@@H]1c1ccc(C(C)C)cc1. The Kier molecular flexibility index (Phi) is 7.83. The van der Waals surface area contributed by atoms with Crippen LogP contribution in [0.1, 0.15) is 62.8 Å². The lowest BCUT2D eigenvalue weighted by molar-refractivity contribution is -0.384. The maximum atomic E-state index is 13.1. The standard InChI is InChI=1S/C26H30N2O6/c1-16(2)18-6-8-19(9-7-18)23-22(24(29)20-10-12-21(13-11-20)28(32)33)25(30)26(31)27(23)14-5-15-34-17(3)4/h6-13,16-17,23,29H,5,14-15H2,1-4H3/t23-/m0/s1. The third-order valence-electron chi connectivity index (χ3n) is 5.80. The summed E-state index contributed by atoms with van der Waals surface area (Å²) in [6.07, 6.45) is 0.584. The average Bonchev–Trinajstić information content (AvgIpc) is 3.06. The summed E-state index contributed by atoms with van der Waals surface area (Å²) in [6.45, 7) is 8.71. The molecule has 0 unspecified atom stereocenters. The molecule has 0 bridgehead atoms. The van der Waals surface area contributed by atoms with Crippen LogP contribution >= 0.6 is 0 Å². The van der Waals surface area contributed by atoms with E-state index in [1.165, 1.54) is 29.2 Å². The zero-order valence-corrected chi connectivity index (χ0v) is 19.9. The number of rotatable bonds is 9. The second kappa shape index (κ2) is 10.6. The summed E-state index contributed by atoms with van der Waals surface area (Å²) in [5.74, 6) is -1.51. The molecule has 0 aliphatic carbocycles. The molecule has 1 aliphatic rings. The number of likely N-dealkylation sites (tertiary alicyclic amines) is 1. The molecule has 1 heterocycles. The molecule has 8 heteroatoms. The normalized spacial score (nSPS) is 17.7. The van der Waals surface area contributed by atoms with E-state index in [1.807, 2.05) is 38.1 Å². The lowest BCUT2D eigenvalue weighted by Crippen LogP contribution is -2.31. The van der Waals surface area contributed by atoms with Crippen LogP contribution in [0.4, 0.5) is 5.69 Å². The van der Waals surface area contributed by atoms with Gasteiger partial charge in [0.2, 0.25) is 0 Å². The minimum absolute atomic E-state index is 0.0269. The van der Waals surface area contributed by atoms with E-state index in [1.54, 1.807) is 0 Å². The van der Waals surface area contributed by atoms with Crippen molar-refractivity contribution in [2.24, 2.45) is 0 Å². The monoisotopic (exact) mass is 466 g/mol. The van der Waals surface area contributed by atoms with Gasteiger partial charge in [-0.1, -0.05) is 38.1 Å². The number of nitrogens with zero attached hydrogens (tertiary/aromatic N) is 2. The van der Waals surface area contributed by atoms with Crippen molar-refractivity contribution >= 4 is 23.1 Å². The molecule has 1 amide bonds. The van der Waals surface area contributed by atoms with E-state index in [-0.39, 0.29) is 35.2 Å². The van der Waals surface area contributed by atoms with Gasteiger partial charge < -0.3 is 14.7 Å². The third kappa shape index (κ3) is 5.34. The number of nitro benzene ring substituents is 1. The Morgan fingerprint density at radius 1 is 1.06 bits per heavy atom. The van der Waals surface area contributed by atoms with Gasteiger partial charge >= 0.3 is 0 Å². The summed E-state index contributed by atoms with van der Waals surface area (Å²) < 4.78 is 5.58. The molecule has 1 aliphatic heterocycles. The largest absolute Gasteiger partial charge is 0.507 e.